The Morgan fingerprint density at radius 1 is 1.27 bits per heavy atom. The van der Waals surface area contributed by atoms with E-state index < -0.39 is 0 Å². The predicted molar refractivity (Wildman–Crippen MR) is 64.2 cm³/mol. The predicted octanol–water partition coefficient (Wildman–Crippen LogP) is 1.48. The molecule has 1 atom stereocenters. The fourth-order valence-corrected chi connectivity index (χ4v) is 2.61. The van der Waals surface area contributed by atoms with Gasteiger partial charge in [0.2, 0.25) is 0 Å². The molecule has 15 heavy (non-hydrogen) atoms. The molecular weight excluding hydrogens is 184 g/mol. The molecule has 1 aliphatic heterocycles. The molecule has 0 spiro atoms. The highest BCUT2D eigenvalue weighted by molar-refractivity contribution is 5.28. The molecule has 82 valence electrons. The Balaban J connectivity index is 2.26. The highest BCUT2D eigenvalue weighted by atomic mass is 15.1. The van der Waals surface area contributed by atoms with E-state index in [2.05, 4.69) is 54.6 Å². The van der Waals surface area contributed by atoms with Crippen LogP contribution in [0.5, 0.6) is 0 Å². The quantitative estimate of drug-likeness (QED) is 0.802. The maximum Gasteiger partial charge on any atom is 0.0217 e. The van der Waals surface area contributed by atoms with Gasteiger partial charge in [0.15, 0.2) is 0 Å². The van der Waals surface area contributed by atoms with Gasteiger partial charge in [0.05, 0.1) is 0 Å². The Morgan fingerprint density at radius 3 is 2.53 bits per heavy atom. The van der Waals surface area contributed by atoms with Crippen LogP contribution in [0.1, 0.15) is 12.0 Å². The zero-order valence-corrected chi connectivity index (χ0v) is 9.66. The van der Waals surface area contributed by atoms with Crippen molar-refractivity contribution in [1.82, 2.24) is 10.2 Å². The summed E-state index contributed by atoms with van der Waals surface area (Å²) < 4.78 is 0. The molecule has 0 amide bonds. The van der Waals surface area contributed by atoms with Crippen molar-refractivity contribution >= 4 is 0 Å². The molecule has 0 radical (unpaired) electrons. The van der Waals surface area contributed by atoms with Gasteiger partial charge in [0.25, 0.3) is 0 Å². The van der Waals surface area contributed by atoms with Gasteiger partial charge in [-0.3, -0.25) is 0 Å². The lowest BCUT2D eigenvalue weighted by Gasteiger charge is -2.32. The summed E-state index contributed by atoms with van der Waals surface area (Å²) in [6.45, 7) is 3.38. The molecular formula is C13H20N2. The first-order chi connectivity index (χ1) is 7.23. The van der Waals surface area contributed by atoms with Crippen LogP contribution >= 0.6 is 0 Å². The Labute approximate surface area is 92.3 Å². The summed E-state index contributed by atoms with van der Waals surface area (Å²) in [5.74, 6) is 0. The van der Waals surface area contributed by atoms with Gasteiger partial charge < -0.3 is 10.2 Å². The van der Waals surface area contributed by atoms with Crippen LogP contribution in [0.2, 0.25) is 0 Å². The van der Waals surface area contributed by atoms with Crippen LogP contribution in [-0.4, -0.2) is 38.6 Å². The average Bonchev–Trinajstić information content (AvgIpc) is 2.68. The topological polar surface area (TPSA) is 15.3 Å². The Bertz CT molecular complexity index is 300. The molecule has 2 rings (SSSR count). The van der Waals surface area contributed by atoms with Crippen LogP contribution in [0, 0.1) is 0 Å². The normalized spacial score (nSPS) is 26.1. The zero-order chi connectivity index (χ0) is 10.7. The highest BCUT2D eigenvalue weighted by Gasteiger charge is 2.35. The lowest BCUT2D eigenvalue weighted by Crippen LogP contribution is -2.39. The highest BCUT2D eigenvalue weighted by Crippen LogP contribution is 2.31. The Hall–Kier alpha value is -0.860. The third kappa shape index (κ3) is 2.21. The van der Waals surface area contributed by atoms with Gasteiger partial charge in [-0.1, -0.05) is 30.3 Å². The molecule has 0 aliphatic carbocycles. The Morgan fingerprint density at radius 2 is 2.00 bits per heavy atom. The summed E-state index contributed by atoms with van der Waals surface area (Å²) in [7, 11) is 4.31. The Kier molecular flexibility index (Phi) is 3.08. The van der Waals surface area contributed by atoms with E-state index in [-0.39, 0.29) is 0 Å². The lowest BCUT2D eigenvalue weighted by atomic mass is 9.79. The second kappa shape index (κ2) is 4.33. The van der Waals surface area contributed by atoms with Crippen molar-refractivity contribution in [3.05, 3.63) is 35.9 Å². The van der Waals surface area contributed by atoms with Crippen LogP contribution in [0.4, 0.5) is 0 Å². The molecule has 2 nitrogen and oxygen atoms in total. The summed E-state index contributed by atoms with van der Waals surface area (Å²) in [6, 6.07) is 10.9. The van der Waals surface area contributed by atoms with Gasteiger partial charge in [0, 0.05) is 18.5 Å². The number of benzene rings is 1. The standard InChI is InChI=1S/C13H20N2/c1-15(2)11-13(8-9-14-10-13)12-6-4-3-5-7-12/h3-7,14H,8-11H2,1-2H3. The molecule has 2 heteroatoms. The van der Waals surface area contributed by atoms with E-state index in [0.29, 0.717) is 5.41 Å². The van der Waals surface area contributed by atoms with Crippen LogP contribution in [0.15, 0.2) is 30.3 Å². The van der Waals surface area contributed by atoms with Crippen molar-refractivity contribution in [2.75, 3.05) is 33.7 Å². The van der Waals surface area contributed by atoms with Crippen LogP contribution in [-0.2, 0) is 5.41 Å². The van der Waals surface area contributed by atoms with E-state index in [4.69, 9.17) is 0 Å². The average molecular weight is 204 g/mol. The summed E-state index contributed by atoms with van der Waals surface area (Å²) in [4.78, 5) is 2.29. The number of nitrogens with one attached hydrogen (secondary N) is 1. The van der Waals surface area contributed by atoms with E-state index >= 15 is 0 Å². The van der Waals surface area contributed by atoms with E-state index in [9.17, 15) is 0 Å². The van der Waals surface area contributed by atoms with Crippen molar-refractivity contribution in [3.8, 4) is 0 Å². The fraction of sp³-hybridized carbons (Fsp3) is 0.538. The SMILES string of the molecule is CN(C)CC1(c2ccccc2)CCNC1. The zero-order valence-electron chi connectivity index (χ0n) is 9.66. The molecule has 1 aliphatic rings. The van der Waals surface area contributed by atoms with Crippen LogP contribution < -0.4 is 5.32 Å². The fourth-order valence-electron chi connectivity index (χ4n) is 2.61. The third-order valence-electron chi connectivity index (χ3n) is 3.25. The molecule has 1 N–H and O–H groups in total. The minimum atomic E-state index is 0.324. The van der Waals surface area contributed by atoms with Gasteiger partial charge >= 0.3 is 0 Å². The second-order valence-electron chi connectivity index (χ2n) is 4.81. The van der Waals surface area contributed by atoms with Gasteiger partial charge in [-0.15, -0.1) is 0 Å². The first-order valence-electron chi connectivity index (χ1n) is 5.64. The van der Waals surface area contributed by atoms with Crippen molar-refractivity contribution in [3.63, 3.8) is 0 Å². The molecule has 1 fully saturated rings. The van der Waals surface area contributed by atoms with Crippen LogP contribution in [0.3, 0.4) is 0 Å². The van der Waals surface area contributed by atoms with E-state index in [1.807, 2.05) is 0 Å². The number of likely N-dealkylation sites (N-methyl/N-ethyl adjacent to an activating group) is 1. The molecule has 0 saturated carbocycles. The number of hydrogen-bond donors (Lipinski definition) is 1. The molecule has 1 aromatic carbocycles. The summed E-state index contributed by atoms with van der Waals surface area (Å²) in [5.41, 5.74) is 1.80. The van der Waals surface area contributed by atoms with Crippen molar-refractivity contribution < 1.29 is 0 Å². The van der Waals surface area contributed by atoms with E-state index in [0.717, 1.165) is 19.6 Å². The molecule has 1 unspecified atom stereocenters. The molecule has 1 heterocycles. The molecule has 1 saturated heterocycles. The number of nitrogens with zero attached hydrogens (tertiary/aromatic N) is 1. The van der Waals surface area contributed by atoms with Crippen LogP contribution in [0.25, 0.3) is 0 Å². The van der Waals surface area contributed by atoms with Crippen molar-refractivity contribution in [1.29, 1.82) is 0 Å². The molecule has 0 aromatic heterocycles. The lowest BCUT2D eigenvalue weighted by molar-refractivity contribution is 0.297. The van der Waals surface area contributed by atoms with Crippen molar-refractivity contribution in [2.45, 2.75) is 11.8 Å². The first kappa shape index (κ1) is 10.7. The molecule has 0 bridgehead atoms. The maximum atomic E-state index is 3.49. The third-order valence-corrected chi connectivity index (χ3v) is 3.25. The number of rotatable bonds is 3. The largest absolute Gasteiger partial charge is 0.316 e. The van der Waals surface area contributed by atoms with Gasteiger partial charge in [-0.05, 0) is 32.6 Å². The molecule has 1 aromatic rings. The van der Waals surface area contributed by atoms with E-state index in [1.165, 1.54) is 12.0 Å². The first-order valence-corrected chi connectivity index (χ1v) is 5.64. The van der Waals surface area contributed by atoms with Crippen molar-refractivity contribution in [2.24, 2.45) is 0 Å². The van der Waals surface area contributed by atoms with E-state index in [1.54, 1.807) is 0 Å². The summed E-state index contributed by atoms with van der Waals surface area (Å²) in [6.07, 6.45) is 1.25. The smallest absolute Gasteiger partial charge is 0.0217 e. The monoisotopic (exact) mass is 204 g/mol. The second-order valence-corrected chi connectivity index (χ2v) is 4.81. The minimum absolute atomic E-state index is 0.324. The summed E-state index contributed by atoms with van der Waals surface area (Å²) >= 11 is 0. The minimum Gasteiger partial charge on any atom is -0.316 e. The van der Waals surface area contributed by atoms with Gasteiger partial charge in [0.1, 0.15) is 0 Å². The maximum absolute atomic E-state index is 3.49. The van der Waals surface area contributed by atoms with Gasteiger partial charge in [-0.25, -0.2) is 0 Å². The number of hydrogen-bond acceptors (Lipinski definition) is 2. The van der Waals surface area contributed by atoms with Gasteiger partial charge in [-0.2, -0.15) is 0 Å². The summed E-state index contributed by atoms with van der Waals surface area (Å²) in [5, 5.41) is 3.49.